The van der Waals surface area contributed by atoms with Crippen LogP contribution in [0.1, 0.15) is 40.5 Å². The number of allylic oxidation sites excluding steroid dienone is 1. The van der Waals surface area contributed by atoms with Crippen LogP contribution in [-0.2, 0) is 9.22 Å². The van der Waals surface area contributed by atoms with Crippen molar-refractivity contribution in [2.45, 2.75) is 58.7 Å². The van der Waals surface area contributed by atoms with Crippen LogP contribution in [0.5, 0.6) is 0 Å². The van der Waals surface area contributed by atoms with Gasteiger partial charge >= 0.3 is 0 Å². The fraction of sp³-hybridized carbons (Fsp3) is 0.786. The van der Waals surface area contributed by atoms with Crippen LogP contribution in [0.4, 0.5) is 0 Å². The second-order valence-corrected chi connectivity index (χ2v) is 11.8. The van der Waals surface area contributed by atoms with Gasteiger partial charge in [0.25, 0.3) is 0 Å². The third-order valence-corrected chi connectivity index (χ3v) is 8.66. The molecule has 17 heavy (non-hydrogen) atoms. The van der Waals surface area contributed by atoms with Gasteiger partial charge in [-0.25, -0.2) is 0 Å². The molecule has 0 aromatic carbocycles. The first-order chi connectivity index (χ1) is 7.56. The Hall–Kier alpha value is -0.413. The van der Waals surface area contributed by atoms with E-state index in [1.54, 1.807) is 6.08 Å². The maximum Gasteiger partial charge on any atom is 0.192 e. The largest absolute Gasteiger partial charge is 0.416 e. The van der Waals surface area contributed by atoms with Gasteiger partial charge in [-0.3, -0.25) is 4.79 Å². The van der Waals surface area contributed by atoms with Crippen LogP contribution < -0.4 is 0 Å². The van der Waals surface area contributed by atoms with E-state index in [1.807, 2.05) is 6.08 Å². The van der Waals surface area contributed by atoms with Crippen molar-refractivity contribution >= 4 is 14.1 Å². The molecule has 1 rings (SSSR count). The molecule has 2 nitrogen and oxygen atoms in total. The first-order valence-electron chi connectivity index (χ1n) is 6.42. The van der Waals surface area contributed by atoms with Crippen molar-refractivity contribution in [1.29, 1.82) is 0 Å². The number of ketones is 1. The highest BCUT2D eigenvalue weighted by molar-refractivity contribution is 6.74. The lowest BCUT2D eigenvalue weighted by molar-refractivity contribution is -0.115. The number of hydrogen-bond acceptors (Lipinski definition) is 2. The maximum absolute atomic E-state index is 11.2. The Morgan fingerprint density at radius 1 is 1.41 bits per heavy atom. The average Bonchev–Trinajstić information content (AvgIpc) is 2.19. The van der Waals surface area contributed by atoms with Gasteiger partial charge in [0.05, 0.1) is 0 Å². The van der Waals surface area contributed by atoms with Gasteiger partial charge < -0.3 is 4.43 Å². The Morgan fingerprint density at radius 3 is 2.41 bits per heavy atom. The average molecular weight is 254 g/mol. The van der Waals surface area contributed by atoms with Crippen LogP contribution in [0.2, 0.25) is 18.1 Å². The zero-order valence-corrected chi connectivity index (χ0v) is 13.1. The molecule has 0 heterocycles. The molecule has 1 aliphatic carbocycles. The molecule has 0 N–H and O–H groups in total. The van der Waals surface area contributed by atoms with E-state index in [2.05, 4.69) is 40.8 Å². The van der Waals surface area contributed by atoms with Gasteiger partial charge in [0.1, 0.15) is 0 Å². The molecule has 0 aliphatic heterocycles. The van der Waals surface area contributed by atoms with Gasteiger partial charge in [-0.2, -0.15) is 0 Å². The van der Waals surface area contributed by atoms with Crippen molar-refractivity contribution < 1.29 is 9.22 Å². The maximum atomic E-state index is 11.2. The summed E-state index contributed by atoms with van der Waals surface area (Å²) < 4.78 is 6.25. The molecule has 0 amide bonds. The normalized spacial score (nSPS) is 26.4. The summed E-state index contributed by atoms with van der Waals surface area (Å²) in [6.45, 7) is 14.2. The van der Waals surface area contributed by atoms with Gasteiger partial charge in [-0.1, -0.05) is 33.8 Å². The number of rotatable bonds is 3. The van der Waals surface area contributed by atoms with Gasteiger partial charge in [0.2, 0.25) is 0 Å². The Morgan fingerprint density at radius 2 is 2.00 bits per heavy atom. The predicted octanol–water partition coefficient (Wildman–Crippen LogP) is 3.93. The molecule has 0 spiro atoms. The SMILES string of the molecule is CC1(CO[Si](C)(C)C(C)(C)C)C=CC(=O)CC1. The molecule has 3 heteroatoms. The first-order valence-corrected chi connectivity index (χ1v) is 9.33. The molecule has 0 saturated carbocycles. The fourth-order valence-corrected chi connectivity index (χ4v) is 2.68. The second-order valence-electron chi connectivity index (χ2n) is 7.00. The molecule has 1 atom stereocenters. The number of hydrogen-bond donors (Lipinski definition) is 0. The highest BCUT2D eigenvalue weighted by atomic mass is 28.4. The lowest BCUT2D eigenvalue weighted by Crippen LogP contribution is -2.43. The summed E-state index contributed by atoms with van der Waals surface area (Å²) in [5.74, 6) is 0.245. The van der Waals surface area contributed by atoms with Crippen molar-refractivity contribution in [1.82, 2.24) is 0 Å². The molecule has 0 aromatic rings. The number of carbonyl (C=O) groups is 1. The molecule has 0 radical (unpaired) electrons. The lowest BCUT2D eigenvalue weighted by atomic mass is 9.81. The summed E-state index contributed by atoms with van der Waals surface area (Å²) in [5, 5.41) is 0.248. The molecule has 0 bridgehead atoms. The van der Waals surface area contributed by atoms with Crippen LogP contribution in [-0.4, -0.2) is 20.7 Å². The van der Waals surface area contributed by atoms with Crippen LogP contribution >= 0.6 is 0 Å². The van der Waals surface area contributed by atoms with E-state index < -0.39 is 8.32 Å². The molecule has 0 fully saturated rings. The minimum atomic E-state index is -1.67. The molecule has 0 saturated heterocycles. The van der Waals surface area contributed by atoms with Crippen LogP contribution in [0.15, 0.2) is 12.2 Å². The predicted molar refractivity (Wildman–Crippen MR) is 74.6 cm³/mol. The molecular formula is C14H26O2Si. The smallest absolute Gasteiger partial charge is 0.192 e. The monoisotopic (exact) mass is 254 g/mol. The lowest BCUT2D eigenvalue weighted by Gasteiger charge is -2.39. The summed E-state index contributed by atoms with van der Waals surface area (Å²) in [5.41, 5.74) is 0.0451. The van der Waals surface area contributed by atoms with E-state index in [9.17, 15) is 4.79 Å². The minimum absolute atomic E-state index is 0.0451. The standard InChI is InChI=1S/C14H26O2Si/c1-13(2,3)17(5,6)16-11-14(4)9-7-12(15)8-10-14/h7,9H,8,10-11H2,1-6H3. The first kappa shape index (κ1) is 14.6. The summed E-state index contributed by atoms with van der Waals surface area (Å²) in [6, 6.07) is 0. The third-order valence-electron chi connectivity index (χ3n) is 4.18. The third kappa shape index (κ3) is 3.78. The van der Waals surface area contributed by atoms with E-state index in [0.29, 0.717) is 6.42 Å². The highest BCUT2D eigenvalue weighted by Gasteiger charge is 2.39. The Kier molecular flexibility index (Phi) is 4.04. The Labute approximate surface area is 107 Å². The Bertz CT molecular complexity index is 326. The van der Waals surface area contributed by atoms with Gasteiger partial charge in [-0.05, 0) is 30.6 Å². The van der Waals surface area contributed by atoms with Gasteiger partial charge in [0, 0.05) is 18.4 Å². The second kappa shape index (κ2) is 4.69. The van der Waals surface area contributed by atoms with Crippen LogP contribution in [0.3, 0.4) is 0 Å². The van der Waals surface area contributed by atoms with Crippen molar-refractivity contribution in [2.75, 3.05) is 6.61 Å². The van der Waals surface area contributed by atoms with Crippen molar-refractivity contribution in [3.05, 3.63) is 12.2 Å². The van der Waals surface area contributed by atoms with E-state index in [-0.39, 0.29) is 16.2 Å². The molecular weight excluding hydrogens is 228 g/mol. The molecule has 0 aromatic heterocycles. The topological polar surface area (TPSA) is 26.3 Å². The zero-order chi connectivity index (χ0) is 13.3. The fourth-order valence-electron chi connectivity index (χ4n) is 1.55. The highest BCUT2D eigenvalue weighted by Crippen LogP contribution is 2.39. The van der Waals surface area contributed by atoms with E-state index in [1.165, 1.54) is 0 Å². The quantitative estimate of drug-likeness (QED) is 0.713. The summed E-state index contributed by atoms with van der Waals surface area (Å²) in [6.07, 6.45) is 5.33. The Balaban J connectivity index is 2.62. The molecule has 1 aliphatic rings. The molecule has 98 valence electrons. The minimum Gasteiger partial charge on any atom is -0.416 e. The van der Waals surface area contributed by atoms with E-state index >= 15 is 0 Å². The van der Waals surface area contributed by atoms with Crippen LogP contribution in [0.25, 0.3) is 0 Å². The number of carbonyl (C=O) groups excluding carboxylic acids is 1. The molecule has 1 unspecified atom stereocenters. The summed E-state index contributed by atoms with van der Waals surface area (Å²) >= 11 is 0. The van der Waals surface area contributed by atoms with Crippen molar-refractivity contribution in [3.8, 4) is 0 Å². The van der Waals surface area contributed by atoms with Gasteiger partial charge in [-0.15, -0.1) is 0 Å². The van der Waals surface area contributed by atoms with E-state index in [0.717, 1.165) is 13.0 Å². The summed E-state index contributed by atoms with van der Waals surface area (Å²) in [4.78, 5) is 11.2. The zero-order valence-electron chi connectivity index (χ0n) is 12.1. The van der Waals surface area contributed by atoms with Crippen molar-refractivity contribution in [2.24, 2.45) is 5.41 Å². The summed E-state index contributed by atoms with van der Waals surface area (Å²) in [7, 11) is -1.67. The van der Waals surface area contributed by atoms with Crippen LogP contribution in [0, 0.1) is 5.41 Å². The van der Waals surface area contributed by atoms with Crippen molar-refractivity contribution in [3.63, 3.8) is 0 Å². The van der Waals surface area contributed by atoms with E-state index in [4.69, 9.17) is 4.43 Å². The van der Waals surface area contributed by atoms with Gasteiger partial charge in [0.15, 0.2) is 14.1 Å².